The van der Waals surface area contributed by atoms with E-state index in [1.807, 2.05) is 30.5 Å². The molecule has 0 aromatic carbocycles. The normalized spacial score (nSPS) is 9.47. The van der Waals surface area contributed by atoms with Crippen LogP contribution in [0.4, 0.5) is 0 Å². The smallest absolute Gasteiger partial charge is 0.0917 e. The molecule has 0 N–H and O–H groups in total. The van der Waals surface area contributed by atoms with Gasteiger partial charge in [-0.2, -0.15) is 0 Å². The zero-order chi connectivity index (χ0) is 9.97. The molecule has 0 fully saturated rings. The molecular formula is C12H12CuN2. The molecule has 2 nitrogen and oxygen atoms in total. The molecule has 0 unspecified atom stereocenters. The van der Waals surface area contributed by atoms with Crippen molar-refractivity contribution in [2.24, 2.45) is 0 Å². The van der Waals surface area contributed by atoms with E-state index < -0.39 is 0 Å². The van der Waals surface area contributed by atoms with Gasteiger partial charge in [0.2, 0.25) is 0 Å². The summed E-state index contributed by atoms with van der Waals surface area (Å²) in [6, 6.07) is 7.89. The van der Waals surface area contributed by atoms with Gasteiger partial charge in [0.25, 0.3) is 0 Å². The first-order valence-electron chi connectivity index (χ1n) is 4.62. The summed E-state index contributed by atoms with van der Waals surface area (Å²) in [7, 11) is 0. The van der Waals surface area contributed by atoms with Crippen LogP contribution in [-0.2, 0) is 17.1 Å². The van der Waals surface area contributed by atoms with Crippen LogP contribution < -0.4 is 0 Å². The fraction of sp³-hybridized carbons (Fsp3) is 0.167. The second kappa shape index (κ2) is 5.06. The van der Waals surface area contributed by atoms with Crippen molar-refractivity contribution in [1.82, 2.24) is 9.97 Å². The molecule has 0 aliphatic carbocycles. The topological polar surface area (TPSA) is 25.8 Å². The van der Waals surface area contributed by atoms with Crippen molar-refractivity contribution in [2.75, 3.05) is 0 Å². The third-order valence-electron chi connectivity index (χ3n) is 2.38. The SMILES string of the molecule is Cc1ccnc(-c2ccccn2)c1C.[Cu]. The fourth-order valence-corrected chi connectivity index (χ4v) is 1.39. The van der Waals surface area contributed by atoms with Gasteiger partial charge in [0.05, 0.1) is 11.4 Å². The van der Waals surface area contributed by atoms with Crippen molar-refractivity contribution in [3.8, 4) is 11.4 Å². The van der Waals surface area contributed by atoms with E-state index >= 15 is 0 Å². The van der Waals surface area contributed by atoms with Crippen LogP contribution in [0, 0.1) is 13.8 Å². The number of nitrogens with zero attached hydrogens (tertiary/aromatic N) is 2. The average molecular weight is 248 g/mol. The Hall–Kier alpha value is -1.18. The zero-order valence-electron chi connectivity index (χ0n) is 8.66. The van der Waals surface area contributed by atoms with Crippen LogP contribution in [-0.4, -0.2) is 9.97 Å². The van der Waals surface area contributed by atoms with Crippen LogP contribution in [0.5, 0.6) is 0 Å². The molecule has 0 aliphatic rings. The van der Waals surface area contributed by atoms with Gasteiger partial charge in [-0.15, -0.1) is 0 Å². The van der Waals surface area contributed by atoms with E-state index in [1.165, 1.54) is 11.1 Å². The first-order valence-corrected chi connectivity index (χ1v) is 4.62. The third-order valence-corrected chi connectivity index (χ3v) is 2.38. The second-order valence-corrected chi connectivity index (χ2v) is 3.32. The van der Waals surface area contributed by atoms with Gasteiger partial charge in [0.1, 0.15) is 0 Å². The quantitative estimate of drug-likeness (QED) is 0.725. The number of hydrogen-bond acceptors (Lipinski definition) is 2. The maximum absolute atomic E-state index is 4.35. The Labute approximate surface area is 100 Å². The van der Waals surface area contributed by atoms with Gasteiger partial charge in [0.15, 0.2) is 0 Å². The Morgan fingerprint density at radius 1 is 0.933 bits per heavy atom. The summed E-state index contributed by atoms with van der Waals surface area (Å²) in [5, 5.41) is 0. The van der Waals surface area contributed by atoms with Crippen molar-refractivity contribution >= 4 is 0 Å². The largest absolute Gasteiger partial charge is 0.255 e. The summed E-state index contributed by atoms with van der Waals surface area (Å²) >= 11 is 0. The number of aryl methyl sites for hydroxylation is 1. The van der Waals surface area contributed by atoms with E-state index in [2.05, 4.69) is 23.8 Å². The molecule has 0 spiro atoms. The summed E-state index contributed by atoms with van der Waals surface area (Å²) in [6.07, 6.45) is 3.62. The van der Waals surface area contributed by atoms with Crippen LogP contribution in [0.25, 0.3) is 11.4 Å². The van der Waals surface area contributed by atoms with Gasteiger partial charge in [-0.1, -0.05) is 6.07 Å². The van der Waals surface area contributed by atoms with E-state index in [-0.39, 0.29) is 17.1 Å². The number of aromatic nitrogens is 2. The Balaban J connectivity index is 0.00000112. The summed E-state index contributed by atoms with van der Waals surface area (Å²) in [6.45, 7) is 4.16. The maximum Gasteiger partial charge on any atom is 0.0917 e. The number of hydrogen-bond donors (Lipinski definition) is 0. The van der Waals surface area contributed by atoms with E-state index in [1.54, 1.807) is 6.20 Å². The van der Waals surface area contributed by atoms with E-state index in [9.17, 15) is 0 Å². The van der Waals surface area contributed by atoms with Gasteiger partial charge >= 0.3 is 0 Å². The summed E-state index contributed by atoms with van der Waals surface area (Å²) in [4.78, 5) is 8.64. The van der Waals surface area contributed by atoms with Gasteiger partial charge in [-0.3, -0.25) is 9.97 Å². The molecule has 2 heterocycles. The summed E-state index contributed by atoms with van der Waals surface area (Å²) in [5.41, 5.74) is 4.37. The minimum Gasteiger partial charge on any atom is -0.255 e. The molecular weight excluding hydrogens is 236 g/mol. The molecule has 0 saturated carbocycles. The second-order valence-electron chi connectivity index (χ2n) is 3.32. The molecule has 0 aliphatic heterocycles. The molecule has 1 radical (unpaired) electrons. The van der Waals surface area contributed by atoms with Crippen molar-refractivity contribution < 1.29 is 17.1 Å². The Morgan fingerprint density at radius 3 is 2.40 bits per heavy atom. The van der Waals surface area contributed by atoms with Crippen molar-refractivity contribution in [2.45, 2.75) is 13.8 Å². The molecule has 15 heavy (non-hydrogen) atoms. The summed E-state index contributed by atoms with van der Waals surface area (Å²) in [5.74, 6) is 0. The maximum atomic E-state index is 4.35. The number of rotatable bonds is 1. The Morgan fingerprint density at radius 2 is 1.73 bits per heavy atom. The minimum absolute atomic E-state index is 0. The monoisotopic (exact) mass is 247 g/mol. The molecule has 3 heteroatoms. The summed E-state index contributed by atoms with van der Waals surface area (Å²) < 4.78 is 0. The van der Waals surface area contributed by atoms with Gasteiger partial charge in [0, 0.05) is 29.5 Å². The van der Waals surface area contributed by atoms with Crippen molar-refractivity contribution in [3.05, 3.63) is 47.8 Å². The molecule has 2 aromatic heterocycles. The van der Waals surface area contributed by atoms with Crippen LogP contribution in [0.15, 0.2) is 36.7 Å². The first-order chi connectivity index (χ1) is 6.79. The molecule has 2 rings (SSSR count). The first kappa shape index (κ1) is 11.9. The van der Waals surface area contributed by atoms with Gasteiger partial charge < -0.3 is 0 Å². The third kappa shape index (κ3) is 2.44. The average Bonchev–Trinajstić information content (AvgIpc) is 2.23. The van der Waals surface area contributed by atoms with Crippen LogP contribution in [0.3, 0.4) is 0 Å². The zero-order valence-corrected chi connectivity index (χ0v) is 9.60. The standard InChI is InChI=1S/C12H12N2.Cu/c1-9-6-8-14-12(10(9)2)11-5-3-4-7-13-11;/h3-8H,1-2H3;. The minimum atomic E-state index is 0. The Bertz CT molecular complexity index is 441. The van der Waals surface area contributed by atoms with Gasteiger partial charge in [-0.25, -0.2) is 0 Å². The van der Waals surface area contributed by atoms with Crippen LogP contribution >= 0.6 is 0 Å². The predicted molar refractivity (Wildman–Crippen MR) is 56.9 cm³/mol. The van der Waals surface area contributed by atoms with Gasteiger partial charge in [-0.05, 0) is 43.2 Å². The fourth-order valence-electron chi connectivity index (χ4n) is 1.39. The Kier molecular flexibility index (Phi) is 4.01. The molecule has 0 atom stereocenters. The van der Waals surface area contributed by atoms with E-state index in [4.69, 9.17) is 0 Å². The van der Waals surface area contributed by atoms with E-state index in [0.29, 0.717) is 0 Å². The van der Waals surface area contributed by atoms with E-state index in [0.717, 1.165) is 11.4 Å². The molecule has 2 aromatic rings. The molecule has 0 saturated heterocycles. The molecule has 81 valence electrons. The van der Waals surface area contributed by atoms with Crippen molar-refractivity contribution in [3.63, 3.8) is 0 Å². The predicted octanol–water partition coefficient (Wildman–Crippen LogP) is 2.76. The number of pyridine rings is 2. The van der Waals surface area contributed by atoms with Crippen LogP contribution in [0.2, 0.25) is 0 Å². The van der Waals surface area contributed by atoms with Crippen molar-refractivity contribution in [1.29, 1.82) is 0 Å². The van der Waals surface area contributed by atoms with Crippen LogP contribution in [0.1, 0.15) is 11.1 Å². The molecule has 0 bridgehead atoms. The molecule has 0 amide bonds.